The molecule has 0 unspecified atom stereocenters. The van der Waals surface area contributed by atoms with Crippen LogP contribution in [-0.2, 0) is 4.79 Å². The number of fused-ring (bicyclic) bond motifs is 1. The lowest BCUT2D eigenvalue weighted by Crippen LogP contribution is -2.07. The molecule has 38 heavy (non-hydrogen) atoms. The van der Waals surface area contributed by atoms with Gasteiger partial charge in [-0.25, -0.2) is 26.9 Å². The lowest BCUT2D eigenvalue weighted by Gasteiger charge is -2.04. The van der Waals surface area contributed by atoms with Crippen LogP contribution in [0.4, 0.5) is 27.6 Å². The second kappa shape index (κ2) is 9.96. The molecule has 5 nitrogen and oxygen atoms in total. The molecular formula is C26H11Cl2F5N2O3. The minimum Gasteiger partial charge on any atom is -0.457 e. The second-order valence-electron chi connectivity index (χ2n) is 7.77. The molecule has 0 spiro atoms. The summed E-state index contributed by atoms with van der Waals surface area (Å²) < 4.78 is 79.6. The zero-order chi connectivity index (χ0) is 27.1. The van der Waals surface area contributed by atoms with E-state index in [1.54, 1.807) is 30.3 Å². The van der Waals surface area contributed by atoms with Crippen molar-refractivity contribution in [3.05, 3.63) is 99.5 Å². The van der Waals surface area contributed by atoms with Gasteiger partial charge >= 0.3 is 0 Å². The highest BCUT2D eigenvalue weighted by molar-refractivity contribution is 6.43. The van der Waals surface area contributed by atoms with Crippen molar-refractivity contribution in [2.75, 3.05) is 5.32 Å². The first kappa shape index (κ1) is 25.5. The number of amides is 1. The molecule has 0 radical (unpaired) electrons. The number of nitrogens with zero attached hydrogens (tertiary/aromatic N) is 1. The Morgan fingerprint density at radius 1 is 0.868 bits per heavy atom. The monoisotopic (exact) mass is 564 g/mol. The fourth-order valence-electron chi connectivity index (χ4n) is 3.53. The van der Waals surface area contributed by atoms with Gasteiger partial charge in [0.05, 0.1) is 10.0 Å². The Kier molecular flexibility index (Phi) is 6.68. The van der Waals surface area contributed by atoms with Crippen molar-refractivity contribution < 1.29 is 35.6 Å². The normalized spacial score (nSPS) is 11.6. The summed E-state index contributed by atoms with van der Waals surface area (Å²) in [6, 6.07) is 12.4. The number of furan rings is 1. The molecule has 2 heterocycles. The van der Waals surface area contributed by atoms with Crippen LogP contribution < -0.4 is 5.32 Å². The third kappa shape index (κ3) is 4.64. The van der Waals surface area contributed by atoms with Crippen molar-refractivity contribution in [2.45, 2.75) is 0 Å². The molecule has 5 aromatic rings. The minimum absolute atomic E-state index is 0.000187. The van der Waals surface area contributed by atoms with Crippen molar-refractivity contribution >= 4 is 52.0 Å². The van der Waals surface area contributed by atoms with Crippen molar-refractivity contribution in [2.24, 2.45) is 0 Å². The Hall–Kier alpha value is -4.15. The van der Waals surface area contributed by atoms with Gasteiger partial charge in [0, 0.05) is 17.3 Å². The molecule has 0 saturated heterocycles. The van der Waals surface area contributed by atoms with Crippen LogP contribution in [0.15, 0.2) is 63.4 Å². The van der Waals surface area contributed by atoms with Crippen molar-refractivity contribution in [3.63, 3.8) is 0 Å². The Morgan fingerprint density at radius 2 is 1.58 bits per heavy atom. The third-order valence-electron chi connectivity index (χ3n) is 5.32. The summed E-state index contributed by atoms with van der Waals surface area (Å²) in [5, 5.41) is 3.24. The van der Waals surface area contributed by atoms with E-state index >= 15 is 0 Å². The number of carbonyl (C=O) groups is 1. The molecule has 0 aliphatic heterocycles. The van der Waals surface area contributed by atoms with Gasteiger partial charge in [-0.05, 0) is 48.5 Å². The quantitative estimate of drug-likeness (QED) is 0.101. The summed E-state index contributed by atoms with van der Waals surface area (Å²) in [4.78, 5) is 16.2. The van der Waals surface area contributed by atoms with Crippen LogP contribution in [0.2, 0.25) is 10.0 Å². The predicted octanol–water partition coefficient (Wildman–Crippen LogP) is 8.41. The van der Waals surface area contributed by atoms with E-state index in [0.29, 0.717) is 27.1 Å². The number of hydrogen-bond acceptors (Lipinski definition) is 4. The largest absolute Gasteiger partial charge is 0.457 e. The van der Waals surface area contributed by atoms with E-state index in [4.69, 9.17) is 32.0 Å². The number of rotatable bonds is 5. The van der Waals surface area contributed by atoms with Crippen LogP contribution in [0.5, 0.6) is 0 Å². The summed E-state index contributed by atoms with van der Waals surface area (Å²) in [5.74, 6) is -11.3. The minimum atomic E-state index is -2.29. The Morgan fingerprint density at radius 3 is 2.32 bits per heavy atom. The van der Waals surface area contributed by atoms with Crippen LogP contribution in [-0.4, -0.2) is 10.9 Å². The maximum atomic E-state index is 14.1. The first-order valence-corrected chi connectivity index (χ1v) is 11.4. The number of benzene rings is 3. The van der Waals surface area contributed by atoms with Gasteiger partial charge in [0.1, 0.15) is 22.6 Å². The van der Waals surface area contributed by atoms with E-state index in [9.17, 15) is 26.7 Å². The highest BCUT2D eigenvalue weighted by atomic mass is 35.5. The average molecular weight is 565 g/mol. The van der Waals surface area contributed by atoms with Crippen LogP contribution in [0, 0.1) is 29.1 Å². The molecule has 0 aliphatic carbocycles. The van der Waals surface area contributed by atoms with E-state index in [1.807, 2.05) is 0 Å². The first-order chi connectivity index (χ1) is 18.1. The number of carbonyl (C=O) groups excluding carboxylic acids is 1. The van der Waals surface area contributed by atoms with Crippen molar-refractivity contribution in [1.82, 2.24) is 4.98 Å². The van der Waals surface area contributed by atoms with Crippen LogP contribution >= 0.6 is 23.2 Å². The highest BCUT2D eigenvalue weighted by Gasteiger charge is 2.29. The van der Waals surface area contributed by atoms with Gasteiger partial charge in [-0.1, -0.05) is 29.3 Å². The molecule has 192 valence electrons. The number of oxazole rings is 1. The van der Waals surface area contributed by atoms with Crippen LogP contribution in [0.25, 0.3) is 40.0 Å². The number of aromatic nitrogens is 1. The molecule has 12 heteroatoms. The predicted molar refractivity (Wildman–Crippen MR) is 131 cm³/mol. The van der Waals surface area contributed by atoms with E-state index < -0.39 is 46.4 Å². The summed E-state index contributed by atoms with van der Waals surface area (Å²) in [5.41, 5.74) is -0.521. The van der Waals surface area contributed by atoms with Gasteiger partial charge in [-0.3, -0.25) is 4.79 Å². The van der Waals surface area contributed by atoms with E-state index in [-0.39, 0.29) is 16.8 Å². The van der Waals surface area contributed by atoms with E-state index in [0.717, 1.165) is 0 Å². The van der Waals surface area contributed by atoms with Gasteiger partial charge in [0.15, 0.2) is 28.9 Å². The Bertz CT molecular complexity index is 1730. The van der Waals surface area contributed by atoms with Crippen LogP contribution in [0.1, 0.15) is 5.76 Å². The Labute approximate surface area is 220 Å². The SMILES string of the molecule is O=C(C=Cc1ccc(-c2cccc(Cl)c2Cl)o1)Nc1ccc2oc(-c3c(F)c(F)c(F)c(F)c3F)nc2c1. The number of hydrogen-bond donors (Lipinski definition) is 1. The summed E-state index contributed by atoms with van der Waals surface area (Å²) in [6.45, 7) is 0. The van der Waals surface area contributed by atoms with Crippen LogP contribution in [0.3, 0.4) is 0 Å². The number of nitrogens with one attached hydrogen (secondary N) is 1. The zero-order valence-electron chi connectivity index (χ0n) is 18.6. The maximum absolute atomic E-state index is 14.1. The van der Waals surface area contributed by atoms with E-state index in [2.05, 4.69) is 10.3 Å². The fraction of sp³-hybridized carbons (Fsp3) is 0. The molecule has 0 fully saturated rings. The first-order valence-electron chi connectivity index (χ1n) is 10.6. The third-order valence-corrected chi connectivity index (χ3v) is 6.14. The molecule has 0 bridgehead atoms. The fourth-order valence-corrected chi connectivity index (χ4v) is 3.92. The smallest absolute Gasteiger partial charge is 0.248 e. The molecule has 1 N–H and O–H groups in total. The average Bonchev–Trinajstić information content (AvgIpc) is 3.54. The topological polar surface area (TPSA) is 68.3 Å². The van der Waals surface area contributed by atoms with Gasteiger partial charge in [-0.15, -0.1) is 0 Å². The molecule has 2 aromatic heterocycles. The Balaban J connectivity index is 1.34. The molecule has 5 rings (SSSR count). The molecule has 1 amide bonds. The van der Waals surface area contributed by atoms with Gasteiger partial charge in [0.25, 0.3) is 0 Å². The van der Waals surface area contributed by atoms with E-state index in [1.165, 1.54) is 30.4 Å². The number of anilines is 1. The number of halogens is 7. The van der Waals surface area contributed by atoms with Crippen molar-refractivity contribution in [1.29, 1.82) is 0 Å². The molecule has 3 aromatic carbocycles. The second-order valence-corrected chi connectivity index (χ2v) is 8.56. The maximum Gasteiger partial charge on any atom is 0.248 e. The lowest BCUT2D eigenvalue weighted by atomic mass is 10.1. The summed E-state index contributed by atoms with van der Waals surface area (Å²) >= 11 is 12.2. The molecule has 0 atom stereocenters. The molecule has 0 aliphatic rings. The lowest BCUT2D eigenvalue weighted by molar-refractivity contribution is -0.111. The molecular weight excluding hydrogens is 554 g/mol. The van der Waals surface area contributed by atoms with Crippen molar-refractivity contribution in [3.8, 4) is 22.8 Å². The molecule has 0 saturated carbocycles. The zero-order valence-corrected chi connectivity index (χ0v) is 20.1. The highest BCUT2D eigenvalue weighted by Crippen LogP contribution is 2.35. The summed E-state index contributed by atoms with van der Waals surface area (Å²) in [6.07, 6.45) is 2.60. The van der Waals surface area contributed by atoms with Gasteiger partial charge in [0.2, 0.25) is 17.6 Å². The van der Waals surface area contributed by atoms with Gasteiger partial charge in [-0.2, -0.15) is 0 Å². The summed E-state index contributed by atoms with van der Waals surface area (Å²) in [7, 11) is 0. The van der Waals surface area contributed by atoms with Gasteiger partial charge < -0.3 is 14.2 Å². The standard InChI is InChI=1S/C26H11Cl2F5N2O3/c27-14-3-1-2-13(20(14)28)16-8-5-12(37-16)6-9-18(36)34-11-4-7-17-15(10-11)35-26(38-17)19-21(29)23(31)25(33)24(32)22(19)30/h1-10H,(H,34,36).